The lowest BCUT2D eigenvalue weighted by Crippen LogP contribution is -2.55. The zero-order valence-electron chi connectivity index (χ0n) is 18.0. The zero-order valence-corrected chi connectivity index (χ0v) is 18.8. The number of aryl methyl sites for hydroxylation is 1. The maximum absolute atomic E-state index is 13.0. The summed E-state index contributed by atoms with van der Waals surface area (Å²) < 4.78 is 11.3. The minimum Gasteiger partial charge on any atom is -0.493 e. The van der Waals surface area contributed by atoms with Gasteiger partial charge in [-0.15, -0.1) is 11.3 Å². The number of carboxylic acid groups (broad SMARTS) is 1. The molecule has 0 fully saturated rings. The van der Waals surface area contributed by atoms with Crippen molar-refractivity contribution in [1.82, 2.24) is 5.32 Å². The van der Waals surface area contributed by atoms with Crippen LogP contribution in [0.5, 0.6) is 11.5 Å². The fourth-order valence-corrected chi connectivity index (χ4v) is 5.02. The van der Waals surface area contributed by atoms with E-state index >= 15 is 0 Å². The summed E-state index contributed by atoms with van der Waals surface area (Å²) in [5, 5.41) is 14.6. The SMILES string of the molecule is COc1ccc(C(=O)NC2(C(=O)O)Cc3ccsc3C2)cc1OCCc1cccc(C)c1. The largest absolute Gasteiger partial charge is 0.493 e. The second-order valence-electron chi connectivity index (χ2n) is 8.02. The van der Waals surface area contributed by atoms with Gasteiger partial charge >= 0.3 is 5.97 Å². The van der Waals surface area contributed by atoms with Gasteiger partial charge in [0.2, 0.25) is 0 Å². The molecule has 1 heterocycles. The van der Waals surface area contributed by atoms with Gasteiger partial charge in [-0.25, -0.2) is 4.79 Å². The summed E-state index contributed by atoms with van der Waals surface area (Å²) >= 11 is 1.52. The van der Waals surface area contributed by atoms with E-state index in [-0.39, 0.29) is 12.8 Å². The summed E-state index contributed by atoms with van der Waals surface area (Å²) in [6.45, 7) is 2.47. The molecule has 0 aliphatic heterocycles. The van der Waals surface area contributed by atoms with Crippen molar-refractivity contribution in [2.75, 3.05) is 13.7 Å². The highest BCUT2D eigenvalue weighted by atomic mass is 32.1. The third-order valence-electron chi connectivity index (χ3n) is 5.71. The van der Waals surface area contributed by atoms with Crippen LogP contribution in [0.3, 0.4) is 0 Å². The van der Waals surface area contributed by atoms with E-state index in [4.69, 9.17) is 9.47 Å². The predicted octanol–water partition coefficient (Wildman–Crippen LogP) is 4.04. The van der Waals surface area contributed by atoms with Crippen molar-refractivity contribution in [2.45, 2.75) is 31.7 Å². The Kier molecular flexibility index (Phi) is 6.19. The summed E-state index contributed by atoms with van der Waals surface area (Å²) in [4.78, 5) is 26.1. The number of fused-ring (bicyclic) bond motifs is 1. The van der Waals surface area contributed by atoms with Gasteiger partial charge in [-0.3, -0.25) is 4.79 Å². The van der Waals surface area contributed by atoms with Gasteiger partial charge in [0.25, 0.3) is 5.91 Å². The Morgan fingerprint density at radius 3 is 2.69 bits per heavy atom. The summed E-state index contributed by atoms with van der Waals surface area (Å²) in [5.41, 5.74) is 2.33. The van der Waals surface area contributed by atoms with Crippen molar-refractivity contribution in [2.24, 2.45) is 0 Å². The minimum atomic E-state index is -1.33. The molecule has 1 amide bonds. The van der Waals surface area contributed by atoms with Crippen LogP contribution < -0.4 is 14.8 Å². The van der Waals surface area contributed by atoms with Gasteiger partial charge in [-0.2, -0.15) is 0 Å². The maximum Gasteiger partial charge on any atom is 0.330 e. The molecule has 0 bridgehead atoms. The quantitative estimate of drug-likeness (QED) is 0.540. The molecule has 1 aliphatic carbocycles. The second kappa shape index (κ2) is 9.04. The molecule has 7 heteroatoms. The fourth-order valence-electron chi connectivity index (χ4n) is 4.00. The van der Waals surface area contributed by atoms with Gasteiger partial charge in [-0.1, -0.05) is 29.8 Å². The number of aliphatic carboxylic acids is 1. The molecule has 1 aromatic heterocycles. The Morgan fingerprint density at radius 2 is 1.97 bits per heavy atom. The number of hydrogen-bond donors (Lipinski definition) is 2. The van der Waals surface area contributed by atoms with E-state index in [1.807, 2.05) is 36.6 Å². The highest BCUT2D eigenvalue weighted by Gasteiger charge is 2.46. The van der Waals surface area contributed by atoms with Crippen molar-refractivity contribution in [3.63, 3.8) is 0 Å². The number of amides is 1. The topological polar surface area (TPSA) is 84.9 Å². The van der Waals surface area contributed by atoms with E-state index in [0.717, 1.165) is 16.0 Å². The Morgan fingerprint density at radius 1 is 1.12 bits per heavy atom. The van der Waals surface area contributed by atoms with Crippen LogP contribution in [0.4, 0.5) is 0 Å². The predicted molar refractivity (Wildman–Crippen MR) is 123 cm³/mol. The molecule has 6 nitrogen and oxygen atoms in total. The minimum absolute atomic E-state index is 0.281. The van der Waals surface area contributed by atoms with Crippen LogP contribution in [0.2, 0.25) is 0 Å². The molecule has 0 spiro atoms. The molecule has 1 unspecified atom stereocenters. The fraction of sp³-hybridized carbons (Fsp3) is 0.280. The lowest BCUT2D eigenvalue weighted by molar-refractivity contribution is -0.144. The third-order valence-corrected chi connectivity index (χ3v) is 6.67. The van der Waals surface area contributed by atoms with Crippen molar-refractivity contribution in [1.29, 1.82) is 0 Å². The highest BCUT2D eigenvalue weighted by molar-refractivity contribution is 7.10. The van der Waals surface area contributed by atoms with E-state index in [1.165, 1.54) is 16.9 Å². The average molecular weight is 452 g/mol. The molecule has 4 rings (SSSR count). The smallest absolute Gasteiger partial charge is 0.330 e. The van der Waals surface area contributed by atoms with Crippen LogP contribution >= 0.6 is 11.3 Å². The Bertz CT molecular complexity index is 1130. The lowest BCUT2D eigenvalue weighted by atomic mass is 9.95. The molecular formula is C25H25NO5S. The van der Waals surface area contributed by atoms with Crippen molar-refractivity contribution < 1.29 is 24.2 Å². The molecule has 1 atom stereocenters. The van der Waals surface area contributed by atoms with Crippen LogP contribution in [0.25, 0.3) is 0 Å². The Labute approximate surface area is 190 Å². The van der Waals surface area contributed by atoms with Crippen molar-refractivity contribution in [3.8, 4) is 11.5 Å². The number of benzene rings is 2. The number of hydrogen-bond acceptors (Lipinski definition) is 5. The van der Waals surface area contributed by atoms with Crippen LogP contribution in [0, 0.1) is 6.92 Å². The molecule has 166 valence electrons. The first-order valence-electron chi connectivity index (χ1n) is 10.4. The summed E-state index contributed by atoms with van der Waals surface area (Å²) in [5.74, 6) is -0.518. The van der Waals surface area contributed by atoms with E-state index in [9.17, 15) is 14.7 Å². The number of carboxylic acids is 1. The van der Waals surface area contributed by atoms with Crippen molar-refractivity contribution in [3.05, 3.63) is 81.0 Å². The molecule has 32 heavy (non-hydrogen) atoms. The molecular weight excluding hydrogens is 426 g/mol. The molecule has 0 saturated heterocycles. The first kappa shape index (κ1) is 21.9. The normalized spacial score (nSPS) is 16.9. The van der Waals surface area contributed by atoms with E-state index < -0.39 is 17.4 Å². The van der Waals surface area contributed by atoms with Gasteiger partial charge in [0.05, 0.1) is 13.7 Å². The first-order chi connectivity index (χ1) is 15.4. The Hall–Kier alpha value is -3.32. The number of rotatable bonds is 8. The first-order valence-corrected chi connectivity index (χ1v) is 11.3. The number of nitrogens with one attached hydrogen (secondary N) is 1. The van der Waals surface area contributed by atoms with E-state index in [1.54, 1.807) is 25.3 Å². The number of thiophene rings is 1. The monoisotopic (exact) mass is 451 g/mol. The highest BCUT2D eigenvalue weighted by Crippen LogP contribution is 2.35. The van der Waals surface area contributed by atoms with Gasteiger partial charge in [0.1, 0.15) is 5.54 Å². The Balaban J connectivity index is 1.48. The van der Waals surface area contributed by atoms with Crippen LogP contribution in [0.15, 0.2) is 53.9 Å². The van der Waals surface area contributed by atoms with Gasteiger partial charge in [-0.05, 0) is 47.7 Å². The van der Waals surface area contributed by atoms with E-state index in [0.29, 0.717) is 30.1 Å². The second-order valence-corrected chi connectivity index (χ2v) is 9.02. The van der Waals surface area contributed by atoms with Gasteiger partial charge < -0.3 is 19.9 Å². The number of carbonyl (C=O) groups is 2. The molecule has 3 aromatic rings. The molecule has 2 aromatic carbocycles. The summed E-state index contributed by atoms with van der Waals surface area (Å²) in [7, 11) is 1.54. The molecule has 1 aliphatic rings. The van der Waals surface area contributed by atoms with Crippen LogP contribution in [-0.2, 0) is 24.1 Å². The maximum atomic E-state index is 13.0. The van der Waals surface area contributed by atoms with Gasteiger partial charge in [0.15, 0.2) is 11.5 Å². The molecule has 0 radical (unpaired) electrons. The number of carbonyl (C=O) groups excluding carboxylic acids is 1. The van der Waals surface area contributed by atoms with E-state index in [2.05, 4.69) is 11.4 Å². The van der Waals surface area contributed by atoms with Crippen LogP contribution in [-0.4, -0.2) is 36.2 Å². The van der Waals surface area contributed by atoms with Gasteiger partial charge in [0, 0.05) is 29.7 Å². The summed E-state index contributed by atoms with van der Waals surface area (Å²) in [6.07, 6.45) is 1.28. The number of ether oxygens (including phenoxy) is 2. The third kappa shape index (κ3) is 4.48. The molecule has 0 saturated carbocycles. The molecule has 2 N–H and O–H groups in total. The number of methoxy groups -OCH3 is 1. The summed E-state index contributed by atoms with van der Waals surface area (Å²) in [6, 6.07) is 15.0. The zero-order chi connectivity index (χ0) is 22.7. The lowest BCUT2D eigenvalue weighted by Gasteiger charge is -2.25. The van der Waals surface area contributed by atoms with Crippen LogP contribution in [0.1, 0.15) is 31.9 Å². The average Bonchev–Trinajstić information content (AvgIpc) is 3.34. The van der Waals surface area contributed by atoms with Crippen molar-refractivity contribution >= 4 is 23.2 Å². The standard InChI is InChI=1S/C25H25NO5S/c1-16-4-3-5-17(12-16)8-10-31-21-13-18(6-7-20(21)30-2)23(27)26-25(24(28)29)14-19-9-11-32-22(19)15-25/h3-7,9,11-13H,8,10,14-15H2,1-2H3,(H,26,27)(H,28,29).